The van der Waals surface area contributed by atoms with Gasteiger partial charge in [0.25, 0.3) is 0 Å². The molecule has 0 saturated carbocycles. The molecule has 4 heteroatoms. The molecule has 1 aromatic rings. The molecule has 2 rings (SSSR count). The molecule has 1 aliphatic heterocycles. The Morgan fingerprint density at radius 3 is 3.12 bits per heavy atom. The molecule has 0 saturated heterocycles. The van der Waals surface area contributed by atoms with Gasteiger partial charge in [0.1, 0.15) is 17.7 Å². The van der Waals surface area contributed by atoms with Crippen molar-refractivity contribution < 1.29 is 9.13 Å². The highest BCUT2D eigenvalue weighted by Gasteiger charge is 2.25. The normalized spacial score (nSPS) is 23.0. The Labute approximate surface area is 106 Å². The number of fused-ring (bicyclic) bond motifs is 1. The number of thioether (sulfide) groups is 1. The summed E-state index contributed by atoms with van der Waals surface area (Å²) in [5, 5.41) is 0. The predicted octanol–water partition coefficient (Wildman–Crippen LogP) is 3.12. The van der Waals surface area contributed by atoms with Crippen LogP contribution in [-0.2, 0) is 0 Å². The van der Waals surface area contributed by atoms with Crippen molar-refractivity contribution in [1.82, 2.24) is 0 Å². The van der Waals surface area contributed by atoms with Crippen LogP contribution in [0.15, 0.2) is 18.2 Å². The van der Waals surface area contributed by atoms with Crippen LogP contribution in [0.1, 0.15) is 30.9 Å². The van der Waals surface area contributed by atoms with Gasteiger partial charge in [-0.3, -0.25) is 0 Å². The largest absolute Gasteiger partial charge is 0.490 e. The van der Waals surface area contributed by atoms with E-state index in [1.807, 2.05) is 11.8 Å². The van der Waals surface area contributed by atoms with Gasteiger partial charge in [-0.15, -0.1) is 0 Å². The van der Waals surface area contributed by atoms with Crippen LogP contribution in [0, 0.1) is 5.82 Å². The molecule has 1 unspecified atom stereocenters. The fourth-order valence-electron chi connectivity index (χ4n) is 2.19. The maximum absolute atomic E-state index is 13.1. The molecule has 2 nitrogen and oxygen atoms in total. The Bertz CT molecular complexity index is 386. The lowest BCUT2D eigenvalue weighted by molar-refractivity contribution is 0.149. The Hall–Kier alpha value is -0.740. The number of rotatable bonds is 4. The van der Waals surface area contributed by atoms with Gasteiger partial charge < -0.3 is 10.5 Å². The highest BCUT2D eigenvalue weighted by Crippen LogP contribution is 2.35. The maximum Gasteiger partial charge on any atom is 0.127 e. The molecule has 0 aromatic heterocycles. The third-order valence-corrected chi connectivity index (χ3v) is 3.76. The van der Waals surface area contributed by atoms with E-state index in [0.29, 0.717) is 5.75 Å². The van der Waals surface area contributed by atoms with E-state index < -0.39 is 0 Å². The van der Waals surface area contributed by atoms with Crippen molar-refractivity contribution in [1.29, 1.82) is 0 Å². The highest BCUT2D eigenvalue weighted by molar-refractivity contribution is 7.98. The zero-order valence-corrected chi connectivity index (χ0v) is 10.8. The summed E-state index contributed by atoms with van der Waals surface area (Å²) in [6, 6.07) is 4.58. The molecular weight excluding hydrogens is 237 g/mol. The molecule has 94 valence electrons. The SMILES string of the molecule is CSCCCC1C[C@H](N)c2ccc(F)cc2O1. The summed E-state index contributed by atoms with van der Waals surface area (Å²) >= 11 is 1.83. The van der Waals surface area contributed by atoms with Gasteiger partial charge in [-0.25, -0.2) is 4.39 Å². The topological polar surface area (TPSA) is 35.2 Å². The fraction of sp³-hybridized carbons (Fsp3) is 0.538. The minimum atomic E-state index is -0.263. The van der Waals surface area contributed by atoms with Crippen LogP contribution in [0.4, 0.5) is 4.39 Å². The molecule has 0 amide bonds. The molecular formula is C13H18FNOS. The van der Waals surface area contributed by atoms with Crippen LogP contribution >= 0.6 is 11.8 Å². The van der Waals surface area contributed by atoms with Crippen molar-refractivity contribution >= 4 is 11.8 Å². The molecule has 0 fully saturated rings. The smallest absolute Gasteiger partial charge is 0.127 e. The van der Waals surface area contributed by atoms with Crippen molar-refractivity contribution in [2.24, 2.45) is 5.73 Å². The molecule has 2 atom stereocenters. The number of nitrogens with two attached hydrogens (primary N) is 1. The summed E-state index contributed by atoms with van der Waals surface area (Å²) in [6.45, 7) is 0. The molecule has 0 radical (unpaired) electrons. The summed E-state index contributed by atoms with van der Waals surface area (Å²) in [7, 11) is 0. The summed E-state index contributed by atoms with van der Waals surface area (Å²) < 4.78 is 18.9. The lowest BCUT2D eigenvalue weighted by Crippen LogP contribution is -2.29. The van der Waals surface area contributed by atoms with Gasteiger partial charge in [-0.1, -0.05) is 6.07 Å². The number of hydrogen-bond acceptors (Lipinski definition) is 3. The summed E-state index contributed by atoms with van der Waals surface area (Å²) in [6.07, 6.45) is 5.16. The van der Waals surface area contributed by atoms with Gasteiger partial charge in [0.2, 0.25) is 0 Å². The predicted molar refractivity (Wildman–Crippen MR) is 70.0 cm³/mol. The standard InChI is InChI=1S/C13H18FNOS/c1-17-6-2-3-10-8-12(15)11-5-4-9(14)7-13(11)16-10/h4-5,7,10,12H,2-3,6,8,15H2,1H3/t10?,12-/m0/s1. The molecule has 2 N–H and O–H groups in total. The van der Waals surface area contributed by atoms with E-state index in [0.717, 1.165) is 30.6 Å². The first-order valence-electron chi connectivity index (χ1n) is 5.91. The van der Waals surface area contributed by atoms with Crippen LogP contribution in [0.25, 0.3) is 0 Å². The summed E-state index contributed by atoms with van der Waals surface area (Å²) in [4.78, 5) is 0. The van der Waals surface area contributed by atoms with Gasteiger partial charge in [-0.2, -0.15) is 11.8 Å². The summed E-state index contributed by atoms with van der Waals surface area (Å²) in [5.74, 6) is 1.49. The van der Waals surface area contributed by atoms with Crippen LogP contribution < -0.4 is 10.5 Å². The van der Waals surface area contributed by atoms with Crippen LogP contribution in [-0.4, -0.2) is 18.1 Å². The van der Waals surface area contributed by atoms with Crippen molar-refractivity contribution in [2.45, 2.75) is 31.4 Å². The third-order valence-electron chi connectivity index (χ3n) is 3.06. The monoisotopic (exact) mass is 255 g/mol. The van der Waals surface area contributed by atoms with E-state index in [4.69, 9.17) is 10.5 Å². The lowest BCUT2D eigenvalue weighted by Gasteiger charge is -2.30. The second-order valence-corrected chi connectivity index (χ2v) is 5.38. The maximum atomic E-state index is 13.1. The molecule has 0 spiro atoms. The average molecular weight is 255 g/mol. The van der Waals surface area contributed by atoms with Gasteiger partial charge >= 0.3 is 0 Å². The average Bonchev–Trinajstić information content (AvgIpc) is 2.28. The minimum absolute atomic E-state index is 0.0290. The van der Waals surface area contributed by atoms with E-state index >= 15 is 0 Å². The van der Waals surface area contributed by atoms with E-state index in [-0.39, 0.29) is 18.0 Å². The second-order valence-electron chi connectivity index (χ2n) is 4.40. The molecule has 0 bridgehead atoms. The number of ether oxygens (including phenoxy) is 1. The van der Waals surface area contributed by atoms with Gasteiger partial charge in [0, 0.05) is 24.1 Å². The van der Waals surface area contributed by atoms with Crippen molar-refractivity contribution in [2.75, 3.05) is 12.0 Å². The van der Waals surface area contributed by atoms with Crippen LogP contribution in [0.5, 0.6) is 5.75 Å². The second kappa shape index (κ2) is 5.74. The Balaban J connectivity index is 2.04. The summed E-state index contributed by atoms with van der Waals surface area (Å²) in [5.41, 5.74) is 7.01. The van der Waals surface area contributed by atoms with Crippen molar-refractivity contribution in [3.8, 4) is 5.75 Å². The highest BCUT2D eigenvalue weighted by atomic mass is 32.2. The lowest BCUT2D eigenvalue weighted by atomic mass is 9.95. The van der Waals surface area contributed by atoms with Crippen molar-refractivity contribution in [3.63, 3.8) is 0 Å². The first-order chi connectivity index (χ1) is 8.20. The number of benzene rings is 1. The van der Waals surface area contributed by atoms with E-state index in [2.05, 4.69) is 6.26 Å². The fourth-order valence-corrected chi connectivity index (χ4v) is 2.64. The van der Waals surface area contributed by atoms with Gasteiger partial charge in [0.05, 0.1) is 0 Å². The zero-order valence-electron chi connectivity index (χ0n) is 9.99. The number of halogens is 1. The number of hydrogen-bond donors (Lipinski definition) is 1. The third kappa shape index (κ3) is 3.13. The van der Waals surface area contributed by atoms with Crippen LogP contribution in [0.2, 0.25) is 0 Å². The van der Waals surface area contributed by atoms with Gasteiger partial charge in [0.15, 0.2) is 0 Å². The first kappa shape index (κ1) is 12.7. The van der Waals surface area contributed by atoms with E-state index in [1.54, 1.807) is 6.07 Å². The van der Waals surface area contributed by atoms with Gasteiger partial charge in [-0.05, 0) is 30.9 Å². The first-order valence-corrected chi connectivity index (χ1v) is 7.30. The molecule has 1 heterocycles. The Morgan fingerprint density at radius 2 is 2.35 bits per heavy atom. The van der Waals surface area contributed by atoms with E-state index in [1.165, 1.54) is 12.1 Å². The molecule has 0 aliphatic carbocycles. The Kier molecular flexibility index (Phi) is 4.29. The van der Waals surface area contributed by atoms with E-state index in [9.17, 15) is 4.39 Å². The van der Waals surface area contributed by atoms with Crippen molar-refractivity contribution in [3.05, 3.63) is 29.6 Å². The molecule has 1 aromatic carbocycles. The zero-order chi connectivity index (χ0) is 12.3. The molecule has 17 heavy (non-hydrogen) atoms. The molecule has 1 aliphatic rings. The quantitative estimate of drug-likeness (QED) is 0.840. The minimum Gasteiger partial charge on any atom is -0.490 e. The van der Waals surface area contributed by atoms with Crippen LogP contribution in [0.3, 0.4) is 0 Å². The Morgan fingerprint density at radius 1 is 1.53 bits per heavy atom.